The molecule has 0 radical (unpaired) electrons. The van der Waals surface area contributed by atoms with Crippen molar-refractivity contribution in [3.63, 3.8) is 0 Å². The van der Waals surface area contributed by atoms with Crippen LogP contribution in [0.1, 0.15) is 47.0 Å². The van der Waals surface area contributed by atoms with Crippen LogP contribution in [0.25, 0.3) is 0 Å². The van der Waals surface area contributed by atoms with Crippen LogP contribution in [0.5, 0.6) is 0 Å². The van der Waals surface area contributed by atoms with Crippen LogP contribution in [0.3, 0.4) is 0 Å². The van der Waals surface area contributed by atoms with E-state index in [0.29, 0.717) is 25.8 Å². The van der Waals surface area contributed by atoms with Gasteiger partial charge < -0.3 is 38.3 Å². The van der Waals surface area contributed by atoms with Crippen LogP contribution in [-0.2, 0) is 19.2 Å². The second-order valence-corrected chi connectivity index (χ2v) is 8.60. The van der Waals surface area contributed by atoms with Gasteiger partial charge in [-0.25, -0.2) is 4.79 Å². The highest BCUT2D eigenvalue weighted by Gasteiger charge is 2.32. The maximum Gasteiger partial charge on any atom is 0.326 e. The van der Waals surface area contributed by atoms with E-state index in [9.17, 15) is 24.3 Å². The number of nitrogens with zero attached hydrogens (tertiary/aromatic N) is 1. The zero-order valence-corrected chi connectivity index (χ0v) is 20.6. The first-order valence-electron chi connectivity index (χ1n) is 10.9. The second-order valence-electron chi connectivity index (χ2n) is 8.24. The average molecular weight is 490 g/mol. The zero-order chi connectivity index (χ0) is 25.7. The van der Waals surface area contributed by atoms with E-state index in [-0.39, 0.29) is 23.5 Å². The van der Waals surface area contributed by atoms with E-state index in [1.165, 1.54) is 0 Å². The van der Waals surface area contributed by atoms with Gasteiger partial charge >= 0.3 is 5.97 Å². The molecular weight excluding hydrogens is 450 g/mol. The monoisotopic (exact) mass is 489 g/mol. The molecule has 0 aromatic rings. The molecular formula is C20H39N7O5S. The van der Waals surface area contributed by atoms with Crippen LogP contribution in [-0.4, -0.2) is 71.2 Å². The standard InChI is InChI=1S/C20H39N7O5S/c1-5-11(4)15(27-16(28)12(21)7-6-8-24-20(22)23)18(30)25-13(9-33)17(29)26-14(10(2)3)19(31)32/h10-15,33H,5-9,21H2,1-4H3,(H,25,30)(H,26,29)(H,27,28)(H,31,32)(H4,22,23,24). The summed E-state index contributed by atoms with van der Waals surface area (Å²) < 4.78 is 0. The lowest BCUT2D eigenvalue weighted by atomic mass is 9.97. The Bertz CT molecular complexity index is 700. The van der Waals surface area contributed by atoms with Gasteiger partial charge in [0.2, 0.25) is 17.7 Å². The number of hydrogen-bond donors (Lipinski definition) is 8. The summed E-state index contributed by atoms with van der Waals surface area (Å²) in [5, 5.41) is 16.9. The van der Waals surface area contributed by atoms with Crippen molar-refractivity contribution in [2.75, 3.05) is 12.3 Å². The molecule has 0 saturated heterocycles. The molecule has 33 heavy (non-hydrogen) atoms. The summed E-state index contributed by atoms with van der Waals surface area (Å²) in [4.78, 5) is 53.2. The topological polar surface area (TPSA) is 215 Å². The number of nitrogens with two attached hydrogens (primary N) is 3. The maximum absolute atomic E-state index is 12.9. The molecule has 0 fully saturated rings. The second kappa shape index (κ2) is 15.3. The van der Waals surface area contributed by atoms with Crippen molar-refractivity contribution in [2.24, 2.45) is 34.0 Å². The van der Waals surface area contributed by atoms with Crippen molar-refractivity contribution in [3.05, 3.63) is 0 Å². The third-order valence-electron chi connectivity index (χ3n) is 5.14. The molecule has 0 aliphatic rings. The predicted octanol–water partition coefficient (Wildman–Crippen LogP) is -1.46. The fourth-order valence-electron chi connectivity index (χ4n) is 2.84. The minimum Gasteiger partial charge on any atom is -0.480 e. The summed E-state index contributed by atoms with van der Waals surface area (Å²) in [5.74, 6) is -3.68. The normalized spacial score (nSPS) is 15.5. The Morgan fingerprint density at radius 2 is 1.55 bits per heavy atom. The molecule has 12 nitrogen and oxygen atoms in total. The van der Waals surface area contributed by atoms with Crippen molar-refractivity contribution in [1.82, 2.24) is 16.0 Å². The zero-order valence-electron chi connectivity index (χ0n) is 19.7. The van der Waals surface area contributed by atoms with E-state index in [0.717, 1.165) is 0 Å². The van der Waals surface area contributed by atoms with Gasteiger partial charge in [0, 0.05) is 12.3 Å². The van der Waals surface area contributed by atoms with E-state index in [4.69, 9.17) is 17.2 Å². The van der Waals surface area contributed by atoms with Crippen molar-refractivity contribution in [1.29, 1.82) is 0 Å². The lowest BCUT2D eigenvalue weighted by Crippen LogP contribution is -2.59. The number of aliphatic carboxylic acids is 1. The fourth-order valence-corrected chi connectivity index (χ4v) is 3.09. The number of nitrogens with one attached hydrogen (secondary N) is 3. The first-order chi connectivity index (χ1) is 15.3. The highest BCUT2D eigenvalue weighted by atomic mass is 32.1. The highest BCUT2D eigenvalue weighted by molar-refractivity contribution is 7.80. The number of carboxylic acid groups (broad SMARTS) is 1. The summed E-state index contributed by atoms with van der Waals surface area (Å²) in [7, 11) is 0. The van der Waals surface area contributed by atoms with Gasteiger partial charge in [-0.15, -0.1) is 0 Å². The van der Waals surface area contributed by atoms with Crippen molar-refractivity contribution in [3.8, 4) is 0 Å². The Hall–Kier alpha value is -2.54. The molecule has 0 aromatic heterocycles. The molecule has 5 unspecified atom stereocenters. The molecule has 13 heteroatoms. The Balaban J connectivity index is 5.19. The quantitative estimate of drug-likeness (QED) is 0.0587. The molecule has 3 amide bonds. The van der Waals surface area contributed by atoms with Crippen molar-refractivity contribution >= 4 is 42.3 Å². The summed E-state index contributed by atoms with van der Waals surface area (Å²) in [5.41, 5.74) is 16.4. The Morgan fingerprint density at radius 1 is 0.970 bits per heavy atom. The van der Waals surface area contributed by atoms with Crippen LogP contribution in [0.2, 0.25) is 0 Å². The number of carbonyl (C=O) groups is 4. The minimum absolute atomic E-state index is 0.0487. The Kier molecular flexibility index (Phi) is 14.1. The van der Waals surface area contributed by atoms with Crippen LogP contribution in [0.15, 0.2) is 4.99 Å². The molecule has 190 valence electrons. The van der Waals surface area contributed by atoms with Gasteiger partial charge in [0.1, 0.15) is 18.1 Å². The summed E-state index contributed by atoms with van der Waals surface area (Å²) in [6, 6.07) is -4.01. The lowest BCUT2D eigenvalue weighted by molar-refractivity contribution is -0.143. The fraction of sp³-hybridized carbons (Fsp3) is 0.750. The molecule has 0 saturated carbocycles. The van der Waals surface area contributed by atoms with Crippen molar-refractivity contribution in [2.45, 2.75) is 71.1 Å². The van der Waals surface area contributed by atoms with Gasteiger partial charge in [-0.1, -0.05) is 34.1 Å². The highest BCUT2D eigenvalue weighted by Crippen LogP contribution is 2.10. The largest absolute Gasteiger partial charge is 0.480 e. The Morgan fingerprint density at radius 3 is 2.00 bits per heavy atom. The average Bonchev–Trinajstić information content (AvgIpc) is 2.74. The van der Waals surface area contributed by atoms with E-state index in [1.54, 1.807) is 20.8 Å². The lowest BCUT2D eigenvalue weighted by Gasteiger charge is -2.28. The molecule has 0 aromatic carbocycles. The first-order valence-corrected chi connectivity index (χ1v) is 11.5. The molecule has 0 heterocycles. The van der Waals surface area contributed by atoms with Crippen molar-refractivity contribution < 1.29 is 24.3 Å². The molecule has 5 atom stereocenters. The smallest absolute Gasteiger partial charge is 0.326 e. The van der Waals surface area contributed by atoms with Gasteiger partial charge in [0.15, 0.2) is 5.96 Å². The third-order valence-corrected chi connectivity index (χ3v) is 5.51. The first kappa shape index (κ1) is 30.5. The molecule has 0 rings (SSSR count). The van der Waals surface area contributed by atoms with E-state index < -0.39 is 47.9 Å². The number of amides is 3. The van der Waals surface area contributed by atoms with E-state index in [1.807, 2.05) is 6.92 Å². The number of carboxylic acids is 1. The number of aliphatic imine (C=N–C) groups is 1. The number of carbonyl (C=O) groups excluding carboxylic acids is 3. The van der Waals surface area contributed by atoms with E-state index in [2.05, 4.69) is 33.6 Å². The van der Waals surface area contributed by atoms with E-state index >= 15 is 0 Å². The third kappa shape index (κ3) is 11.2. The van der Waals surface area contributed by atoms with Gasteiger partial charge in [-0.3, -0.25) is 19.4 Å². The van der Waals surface area contributed by atoms with Gasteiger partial charge in [-0.2, -0.15) is 12.6 Å². The molecule has 10 N–H and O–H groups in total. The van der Waals surface area contributed by atoms with Crippen LogP contribution < -0.4 is 33.2 Å². The van der Waals surface area contributed by atoms with Gasteiger partial charge in [-0.05, 0) is 24.7 Å². The molecule has 0 aliphatic carbocycles. The van der Waals surface area contributed by atoms with Gasteiger partial charge in [0.05, 0.1) is 6.04 Å². The van der Waals surface area contributed by atoms with Crippen LogP contribution in [0, 0.1) is 11.8 Å². The number of hydrogen-bond acceptors (Lipinski definition) is 7. The number of guanidine groups is 1. The SMILES string of the molecule is CCC(C)C(NC(=O)C(N)CCCN=C(N)N)C(=O)NC(CS)C(=O)NC(C(=O)O)C(C)C. The minimum atomic E-state index is -1.18. The molecule has 0 bridgehead atoms. The van der Waals surface area contributed by atoms with Crippen LogP contribution in [0.4, 0.5) is 0 Å². The number of rotatable bonds is 15. The maximum atomic E-state index is 12.9. The molecule has 0 spiro atoms. The summed E-state index contributed by atoms with van der Waals surface area (Å²) in [6.45, 7) is 7.27. The Labute approximate surface area is 200 Å². The predicted molar refractivity (Wildman–Crippen MR) is 129 cm³/mol. The van der Waals surface area contributed by atoms with Crippen LogP contribution >= 0.6 is 12.6 Å². The van der Waals surface area contributed by atoms with Gasteiger partial charge in [0.25, 0.3) is 0 Å². The summed E-state index contributed by atoms with van der Waals surface area (Å²) >= 11 is 4.10. The molecule has 0 aliphatic heterocycles. The number of thiol groups is 1. The summed E-state index contributed by atoms with van der Waals surface area (Å²) in [6.07, 6.45) is 1.37.